The van der Waals surface area contributed by atoms with Gasteiger partial charge in [-0.15, -0.1) is 0 Å². The Morgan fingerprint density at radius 2 is 1.82 bits per heavy atom. The molecule has 1 aliphatic rings. The maximum Gasteiger partial charge on any atom is 0.266 e. The quantitative estimate of drug-likeness (QED) is 0.550. The smallest absolute Gasteiger partial charge is 0.266 e. The van der Waals surface area contributed by atoms with Gasteiger partial charge in [0.2, 0.25) is 5.95 Å². The van der Waals surface area contributed by atoms with Gasteiger partial charge in [-0.25, -0.2) is 9.67 Å². The van der Waals surface area contributed by atoms with E-state index in [1.807, 2.05) is 37.4 Å². The molecule has 7 heteroatoms. The summed E-state index contributed by atoms with van der Waals surface area (Å²) in [5.74, 6) is 1.35. The minimum absolute atomic E-state index is 0.0704. The van der Waals surface area contributed by atoms with Gasteiger partial charge >= 0.3 is 0 Å². The lowest BCUT2D eigenvalue weighted by Gasteiger charge is -2.39. The van der Waals surface area contributed by atoms with Gasteiger partial charge in [-0.1, -0.05) is 12.1 Å². The van der Waals surface area contributed by atoms with E-state index in [1.165, 1.54) is 0 Å². The van der Waals surface area contributed by atoms with Crippen LogP contribution in [-0.2, 0) is 13.6 Å². The zero-order chi connectivity index (χ0) is 19.1. The normalized spacial score (nSPS) is 14.4. The van der Waals surface area contributed by atoms with Gasteiger partial charge in [-0.05, 0) is 30.3 Å². The molecule has 0 unspecified atom stereocenters. The summed E-state index contributed by atoms with van der Waals surface area (Å²) >= 11 is 0. The number of fused-ring (bicyclic) bond motifs is 1. The fourth-order valence-electron chi connectivity index (χ4n) is 3.77. The predicted molar refractivity (Wildman–Crippen MR) is 108 cm³/mol. The van der Waals surface area contributed by atoms with Crippen molar-refractivity contribution in [2.24, 2.45) is 13.0 Å². The second-order valence-corrected chi connectivity index (χ2v) is 7.21. The number of hydrogen-bond acceptors (Lipinski definition) is 5. The third kappa shape index (κ3) is 2.85. The first-order valence-corrected chi connectivity index (χ1v) is 9.34. The van der Waals surface area contributed by atoms with Crippen LogP contribution in [0.2, 0.25) is 0 Å². The lowest BCUT2D eigenvalue weighted by molar-refractivity contribution is 0.330. The number of nitrogens with zero attached hydrogens (tertiary/aromatic N) is 6. The molecule has 1 fully saturated rings. The highest BCUT2D eigenvalue weighted by atomic mass is 16.1. The van der Waals surface area contributed by atoms with Crippen LogP contribution < -0.4 is 10.5 Å². The second-order valence-electron chi connectivity index (χ2n) is 7.21. The number of hydrogen-bond donors (Lipinski definition) is 0. The molecule has 4 heterocycles. The van der Waals surface area contributed by atoms with Crippen LogP contribution in [0, 0.1) is 5.92 Å². The number of rotatable bonds is 4. The molecule has 0 bridgehead atoms. The maximum atomic E-state index is 12.3. The summed E-state index contributed by atoms with van der Waals surface area (Å²) in [6.45, 7) is 2.34. The number of anilines is 1. The molecule has 1 saturated heterocycles. The molecule has 4 aromatic rings. The Labute approximate surface area is 161 Å². The van der Waals surface area contributed by atoms with Crippen molar-refractivity contribution in [1.82, 2.24) is 24.3 Å². The summed E-state index contributed by atoms with van der Waals surface area (Å²) in [5, 5.41) is 4.55. The van der Waals surface area contributed by atoms with Gasteiger partial charge in [0.15, 0.2) is 0 Å². The van der Waals surface area contributed by atoms with Crippen LogP contribution in [0.4, 0.5) is 5.95 Å². The largest absolute Gasteiger partial charge is 0.341 e. The Morgan fingerprint density at radius 3 is 2.61 bits per heavy atom. The van der Waals surface area contributed by atoms with E-state index >= 15 is 0 Å². The molecule has 28 heavy (non-hydrogen) atoms. The SMILES string of the molecule is Cn1c(N2CC(Cn3nc(-c4ccncc4)ccc3=O)C2)nc2ccccc21. The molecule has 3 aromatic heterocycles. The van der Waals surface area contributed by atoms with E-state index in [0.717, 1.165) is 41.3 Å². The standard InChI is InChI=1S/C21H20N6O/c1-25-19-5-3-2-4-18(19)23-21(25)26-12-15(13-26)14-27-20(28)7-6-17(24-27)16-8-10-22-11-9-16/h2-11,15H,12-14H2,1H3. The summed E-state index contributed by atoms with van der Waals surface area (Å²) in [6.07, 6.45) is 3.46. The van der Waals surface area contributed by atoms with Crippen molar-refractivity contribution in [3.05, 3.63) is 71.3 Å². The first-order chi connectivity index (χ1) is 13.7. The zero-order valence-electron chi connectivity index (χ0n) is 15.6. The highest BCUT2D eigenvalue weighted by Crippen LogP contribution is 2.27. The summed E-state index contributed by atoms with van der Waals surface area (Å²) in [6, 6.07) is 15.3. The zero-order valence-corrected chi connectivity index (χ0v) is 15.6. The van der Waals surface area contributed by atoms with Crippen molar-refractivity contribution in [3.63, 3.8) is 0 Å². The minimum atomic E-state index is -0.0704. The second kappa shape index (κ2) is 6.60. The van der Waals surface area contributed by atoms with Crippen molar-refractivity contribution in [2.75, 3.05) is 18.0 Å². The number of para-hydroxylation sites is 2. The first-order valence-electron chi connectivity index (χ1n) is 9.34. The van der Waals surface area contributed by atoms with Crippen molar-refractivity contribution in [2.45, 2.75) is 6.54 Å². The van der Waals surface area contributed by atoms with E-state index in [0.29, 0.717) is 12.5 Å². The number of aromatic nitrogens is 5. The average Bonchev–Trinajstić information content (AvgIpc) is 3.03. The molecule has 140 valence electrons. The van der Waals surface area contributed by atoms with Gasteiger partial charge in [-0.2, -0.15) is 5.10 Å². The molecule has 7 nitrogen and oxygen atoms in total. The van der Waals surface area contributed by atoms with Crippen molar-refractivity contribution >= 4 is 17.0 Å². The Kier molecular flexibility index (Phi) is 3.93. The molecule has 5 rings (SSSR count). The van der Waals surface area contributed by atoms with Gasteiger partial charge in [0.25, 0.3) is 5.56 Å². The van der Waals surface area contributed by atoms with Gasteiger partial charge < -0.3 is 9.47 Å². The highest BCUT2D eigenvalue weighted by Gasteiger charge is 2.30. The number of imidazole rings is 1. The van der Waals surface area contributed by atoms with E-state index < -0.39 is 0 Å². The summed E-state index contributed by atoms with van der Waals surface area (Å²) in [7, 11) is 2.04. The average molecular weight is 372 g/mol. The minimum Gasteiger partial charge on any atom is -0.341 e. The number of pyridine rings is 1. The van der Waals surface area contributed by atoms with Crippen LogP contribution in [0.5, 0.6) is 0 Å². The van der Waals surface area contributed by atoms with Gasteiger partial charge in [0.1, 0.15) is 0 Å². The first kappa shape index (κ1) is 16.7. The van der Waals surface area contributed by atoms with Crippen LogP contribution >= 0.6 is 0 Å². The number of aryl methyl sites for hydroxylation is 1. The Bertz CT molecular complexity index is 1190. The van der Waals surface area contributed by atoms with Crippen molar-refractivity contribution < 1.29 is 0 Å². The Balaban J connectivity index is 1.32. The van der Waals surface area contributed by atoms with Crippen LogP contribution in [0.3, 0.4) is 0 Å². The monoisotopic (exact) mass is 372 g/mol. The predicted octanol–water partition coefficient (Wildman–Crippen LogP) is 2.33. The van der Waals surface area contributed by atoms with E-state index in [1.54, 1.807) is 29.2 Å². The number of benzene rings is 1. The van der Waals surface area contributed by atoms with Crippen molar-refractivity contribution in [1.29, 1.82) is 0 Å². The third-order valence-electron chi connectivity index (χ3n) is 5.28. The molecule has 0 saturated carbocycles. The lowest BCUT2D eigenvalue weighted by atomic mass is 10.0. The molecular weight excluding hydrogens is 352 g/mol. The fraction of sp³-hybridized carbons (Fsp3) is 0.238. The van der Waals surface area contributed by atoms with E-state index in [2.05, 4.69) is 25.6 Å². The molecule has 1 aromatic carbocycles. The Hall–Kier alpha value is -3.48. The van der Waals surface area contributed by atoms with Crippen LogP contribution in [0.15, 0.2) is 65.7 Å². The topological polar surface area (TPSA) is 68.8 Å². The van der Waals surface area contributed by atoms with Gasteiger partial charge in [0.05, 0.1) is 23.3 Å². The molecule has 1 aliphatic heterocycles. The third-order valence-corrected chi connectivity index (χ3v) is 5.28. The molecule has 0 aliphatic carbocycles. The molecule has 0 radical (unpaired) electrons. The van der Waals surface area contributed by atoms with Crippen molar-refractivity contribution in [3.8, 4) is 11.3 Å². The summed E-state index contributed by atoms with van der Waals surface area (Å²) < 4.78 is 3.70. The van der Waals surface area contributed by atoms with Crippen LogP contribution in [-0.4, -0.2) is 37.4 Å². The summed E-state index contributed by atoms with van der Waals surface area (Å²) in [5.41, 5.74) is 3.81. The lowest BCUT2D eigenvalue weighted by Crippen LogP contribution is -2.50. The van der Waals surface area contributed by atoms with Gasteiger partial charge in [-0.3, -0.25) is 9.78 Å². The van der Waals surface area contributed by atoms with E-state index in [-0.39, 0.29) is 5.56 Å². The highest BCUT2D eigenvalue weighted by molar-refractivity contribution is 5.78. The molecule has 0 amide bonds. The molecule has 0 atom stereocenters. The van der Waals surface area contributed by atoms with E-state index in [4.69, 9.17) is 4.98 Å². The molecular formula is C21H20N6O. The fourth-order valence-corrected chi connectivity index (χ4v) is 3.77. The van der Waals surface area contributed by atoms with Gasteiger partial charge in [0, 0.05) is 50.1 Å². The summed E-state index contributed by atoms with van der Waals surface area (Å²) in [4.78, 5) is 23.3. The Morgan fingerprint density at radius 1 is 1.04 bits per heavy atom. The maximum absolute atomic E-state index is 12.3. The molecule has 0 spiro atoms. The van der Waals surface area contributed by atoms with E-state index in [9.17, 15) is 4.79 Å². The molecule has 0 N–H and O–H groups in total. The van der Waals surface area contributed by atoms with Crippen LogP contribution in [0.25, 0.3) is 22.3 Å². The van der Waals surface area contributed by atoms with Crippen LogP contribution in [0.1, 0.15) is 0 Å².